The summed E-state index contributed by atoms with van der Waals surface area (Å²) in [6.45, 7) is 5.81. The first kappa shape index (κ1) is 11.8. The molecule has 2 heteroatoms. The van der Waals surface area contributed by atoms with Crippen LogP contribution in [0.1, 0.15) is 32.8 Å². The van der Waals surface area contributed by atoms with Crippen LogP contribution in [0.15, 0.2) is 24.3 Å². The molecule has 0 spiro atoms. The molecule has 15 heavy (non-hydrogen) atoms. The summed E-state index contributed by atoms with van der Waals surface area (Å²) < 4.78 is 0. The van der Waals surface area contributed by atoms with Crippen molar-refractivity contribution in [3.8, 4) is 5.75 Å². The van der Waals surface area contributed by atoms with Gasteiger partial charge in [0.25, 0.3) is 0 Å². The van der Waals surface area contributed by atoms with Gasteiger partial charge in [-0.1, -0.05) is 32.9 Å². The highest BCUT2D eigenvalue weighted by Crippen LogP contribution is 2.19. The zero-order chi connectivity index (χ0) is 11.5. The number of ketones is 1. The molecule has 1 aromatic rings. The standard InChI is InChI=1S/C13H18O2/c1-13(2,3)12(15)9-6-10-4-7-11(14)8-5-10/h4-5,7-8,14H,6,9H2,1-3H3. The van der Waals surface area contributed by atoms with E-state index in [0.29, 0.717) is 6.42 Å². The zero-order valence-electron chi connectivity index (χ0n) is 9.58. The van der Waals surface area contributed by atoms with Crippen LogP contribution in [0.2, 0.25) is 0 Å². The van der Waals surface area contributed by atoms with Gasteiger partial charge in [-0.2, -0.15) is 0 Å². The molecule has 1 rings (SSSR count). The van der Waals surface area contributed by atoms with Gasteiger partial charge in [-0.15, -0.1) is 0 Å². The van der Waals surface area contributed by atoms with Gasteiger partial charge in [-0.05, 0) is 24.1 Å². The van der Waals surface area contributed by atoms with Crippen LogP contribution in [-0.2, 0) is 11.2 Å². The molecule has 0 saturated heterocycles. The van der Waals surface area contributed by atoms with E-state index in [1.165, 1.54) is 0 Å². The topological polar surface area (TPSA) is 37.3 Å². The Morgan fingerprint density at radius 3 is 2.20 bits per heavy atom. The smallest absolute Gasteiger partial charge is 0.138 e. The summed E-state index contributed by atoms with van der Waals surface area (Å²) >= 11 is 0. The molecule has 0 amide bonds. The second-order valence-electron chi connectivity index (χ2n) is 4.84. The SMILES string of the molecule is CC(C)(C)C(=O)CCc1ccc(O)cc1. The average Bonchev–Trinajstić information content (AvgIpc) is 2.15. The molecule has 0 aliphatic heterocycles. The number of phenolic OH excluding ortho intramolecular Hbond substituents is 1. The number of aromatic hydroxyl groups is 1. The van der Waals surface area contributed by atoms with Crippen molar-refractivity contribution in [2.24, 2.45) is 5.41 Å². The van der Waals surface area contributed by atoms with Crippen LogP contribution in [0.4, 0.5) is 0 Å². The summed E-state index contributed by atoms with van der Waals surface area (Å²) in [6.07, 6.45) is 1.31. The van der Waals surface area contributed by atoms with Gasteiger partial charge in [-0.3, -0.25) is 4.79 Å². The van der Waals surface area contributed by atoms with Crippen LogP contribution in [0.3, 0.4) is 0 Å². The maximum absolute atomic E-state index is 11.7. The number of aryl methyl sites for hydroxylation is 1. The van der Waals surface area contributed by atoms with Crippen molar-refractivity contribution >= 4 is 5.78 Å². The Balaban J connectivity index is 2.51. The first-order valence-corrected chi connectivity index (χ1v) is 5.21. The Hall–Kier alpha value is -1.31. The Morgan fingerprint density at radius 2 is 1.73 bits per heavy atom. The van der Waals surface area contributed by atoms with Gasteiger partial charge in [0, 0.05) is 11.8 Å². The highest BCUT2D eigenvalue weighted by molar-refractivity contribution is 5.83. The summed E-state index contributed by atoms with van der Waals surface area (Å²) in [5, 5.41) is 9.10. The molecule has 0 atom stereocenters. The highest BCUT2D eigenvalue weighted by Gasteiger charge is 2.20. The molecule has 0 aliphatic rings. The molecule has 0 unspecified atom stereocenters. The maximum Gasteiger partial charge on any atom is 0.138 e. The van der Waals surface area contributed by atoms with Gasteiger partial charge in [0.05, 0.1) is 0 Å². The summed E-state index contributed by atoms with van der Waals surface area (Å²) in [4.78, 5) is 11.7. The third-order valence-corrected chi connectivity index (χ3v) is 2.41. The van der Waals surface area contributed by atoms with Gasteiger partial charge < -0.3 is 5.11 Å². The first-order chi connectivity index (χ1) is 6.89. The lowest BCUT2D eigenvalue weighted by Gasteiger charge is -2.16. The predicted octanol–water partition coefficient (Wildman–Crippen LogP) is 2.94. The van der Waals surface area contributed by atoms with E-state index in [1.807, 2.05) is 32.9 Å². The van der Waals surface area contributed by atoms with Gasteiger partial charge in [0.1, 0.15) is 11.5 Å². The molecule has 1 N–H and O–H groups in total. The first-order valence-electron chi connectivity index (χ1n) is 5.21. The monoisotopic (exact) mass is 206 g/mol. The molecule has 0 fully saturated rings. The van der Waals surface area contributed by atoms with E-state index >= 15 is 0 Å². The van der Waals surface area contributed by atoms with Crippen molar-refractivity contribution in [2.75, 3.05) is 0 Å². The number of hydrogen-bond donors (Lipinski definition) is 1. The van der Waals surface area contributed by atoms with E-state index < -0.39 is 0 Å². The van der Waals surface area contributed by atoms with Crippen LogP contribution >= 0.6 is 0 Å². The van der Waals surface area contributed by atoms with Crippen molar-refractivity contribution in [3.63, 3.8) is 0 Å². The van der Waals surface area contributed by atoms with Crippen molar-refractivity contribution in [3.05, 3.63) is 29.8 Å². The van der Waals surface area contributed by atoms with E-state index in [9.17, 15) is 4.79 Å². The molecular formula is C13H18O2. The number of carbonyl (C=O) groups is 1. The molecule has 0 saturated carbocycles. The van der Waals surface area contributed by atoms with Gasteiger partial charge in [0.15, 0.2) is 0 Å². The highest BCUT2D eigenvalue weighted by atomic mass is 16.3. The van der Waals surface area contributed by atoms with E-state index in [0.717, 1.165) is 12.0 Å². The quantitative estimate of drug-likeness (QED) is 0.825. The summed E-state index contributed by atoms with van der Waals surface area (Å²) in [5.74, 6) is 0.538. The normalized spacial score (nSPS) is 11.4. The summed E-state index contributed by atoms with van der Waals surface area (Å²) in [5.41, 5.74) is 0.835. The fraction of sp³-hybridized carbons (Fsp3) is 0.462. The van der Waals surface area contributed by atoms with Crippen LogP contribution in [-0.4, -0.2) is 10.9 Å². The Bertz CT molecular complexity index is 331. The Morgan fingerprint density at radius 1 is 1.20 bits per heavy atom. The Kier molecular flexibility index (Phi) is 3.51. The van der Waals surface area contributed by atoms with Crippen molar-refractivity contribution in [2.45, 2.75) is 33.6 Å². The predicted molar refractivity (Wildman–Crippen MR) is 60.9 cm³/mol. The molecule has 0 aliphatic carbocycles. The molecule has 0 heterocycles. The minimum absolute atomic E-state index is 0.253. The van der Waals surface area contributed by atoms with E-state index in [-0.39, 0.29) is 16.9 Å². The van der Waals surface area contributed by atoms with Gasteiger partial charge in [0.2, 0.25) is 0 Å². The minimum Gasteiger partial charge on any atom is -0.508 e. The fourth-order valence-electron chi connectivity index (χ4n) is 1.30. The molecule has 1 aromatic carbocycles. The Labute approximate surface area is 90.9 Å². The van der Waals surface area contributed by atoms with Crippen LogP contribution in [0.25, 0.3) is 0 Å². The molecule has 0 bridgehead atoms. The second-order valence-corrected chi connectivity index (χ2v) is 4.84. The zero-order valence-corrected chi connectivity index (χ0v) is 9.58. The average molecular weight is 206 g/mol. The largest absolute Gasteiger partial charge is 0.508 e. The van der Waals surface area contributed by atoms with Crippen LogP contribution in [0.5, 0.6) is 5.75 Å². The lowest BCUT2D eigenvalue weighted by molar-refractivity contribution is -0.126. The van der Waals surface area contributed by atoms with E-state index in [4.69, 9.17) is 5.11 Å². The molecule has 82 valence electrons. The molecule has 0 aromatic heterocycles. The fourth-order valence-corrected chi connectivity index (χ4v) is 1.30. The van der Waals surface area contributed by atoms with Crippen molar-refractivity contribution in [1.82, 2.24) is 0 Å². The molecular weight excluding hydrogens is 188 g/mol. The number of hydrogen-bond acceptors (Lipinski definition) is 2. The van der Waals surface area contributed by atoms with Crippen LogP contribution < -0.4 is 0 Å². The number of rotatable bonds is 3. The lowest BCUT2D eigenvalue weighted by atomic mass is 9.87. The van der Waals surface area contributed by atoms with E-state index in [1.54, 1.807) is 12.1 Å². The molecule has 0 radical (unpaired) electrons. The number of benzene rings is 1. The molecule has 2 nitrogen and oxygen atoms in total. The minimum atomic E-state index is -0.253. The van der Waals surface area contributed by atoms with E-state index in [2.05, 4.69) is 0 Å². The van der Waals surface area contributed by atoms with Crippen molar-refractivity contribution in [1.29, 1.82) is 0 Å². The third-order valence-electron chi connectivity index (χ3n) is 2.41. The second kappa shape index (κ2) is 4.47. The maximum atomic E-state index is 11.7. The number of Topliss-reactive ketones (excluding diaryl/α,β-unsaturated/α-hetero) is 1. The lowest BCUT2D eigenvalue weighted by Crippen LogP contribution is -2.20. The summed E-state index contributed by atoms with van der Waals surface area (Å²) in [7, 11) is 0. The van der Waals surface area contributed by atoms with Crippen LogP contribution in [0, 0.1) is 5.41 Å². The van der Waals surface area contributed by atoms with Crippen molar-refractivity contribution < 1.29 is 9.90 Å². The number of carbonyl (C=O) groups excluding carboxylic acids is 1. The number of phenols is 1. The summed E-state index contributed by atoms with van der Waals surface area (Å²) in [6, 6.07) is 7.00. The van der Waals surface area contributed by atoms with Gasteiger partial charge >= 0.3 is 0 Å². The third kappa shape index (κ3) is 3.74. The van der Waals surface area contributed by atoms with Gasteiger partial charge in [-0.25, -0.2) is 0 Å².